The van der Waals surface area contributed by atoms with Gasteiger partial charge in [0.15, 0.2) is 0 Å². The van der Waals surface area contributed by atoms with E-state index in [2.05, 4.69) is 116 Å². The van der Waals surface area contributed by atoms with Crippen molar-refractivity contribution in [3.05, 3.63) is 126 Å². The van der Waals surface area contributed by atoms with Crippen LogP contribution in [-0.4, -0.2) is 59.2 Å². The normalized spacial score (nSPS) is 13.3. The van der Waals surface area contributed by atoms with Crippen LogP contribution in [0.15, 0.2) is 104 Å². The predicted molar refractivity (Wildman–Crippen MR) is 298 cm³/mol. The van der Waals surface area contributed by atoms with Crippen molar-refractivity contribution in [2.24, 2.45) is 0 Å². The Bertz CT molecular complexity index is 1840. The summed E-state index contributed by atoms with van der Waals surface area (Å²) < 4.78 is 21.1. The number of benzene rings is 3. The van der Waals surface area contributed by atoms with Crippen LogP contribution in [0.1, 0.15) is 230 Å². The maximum Gasteiger partial charge on any atom is 0.407 e. The van der Waals surface area contributed by atoms with Crippen LogP contribution >= 0.6 is 0 Å². The Hall–Kier alpha value is -4.47. The lowest BCUT2D eigenvalue weighted by molar-refractivity contribution is -0.137. The zero-order chi connectivity index (χ0) is 51.3. The summed E-state index contributed by atoms with van der Waals surface area (Å²) in [6.07, 6.45) is 35.3. The summed E-state index contributed by atoms with van der Waals surface area (Å²) in [5, 5.41) is 6.11. The van der Waals surface area contributed by atoms with Crippen molar-refractivity contribution < 1.29 is 23.8 Å². The average Bonchev–Trinajstić information content (AvgIpc) is 3.88. The van der Waals surface area contributed by atoms with Gasteiger partial charge in [0, 0.05) is 19.2 Å². The summed E-state index contributed by atoms with van der Waals surface area (Å²) in [6.45, 7) is 11.7. The van der Waals surface area contributed by atoms with Gasteiger partial charge in [0.2, 0.25) is 5.91 Å². The molecule has 0 aliphatic rings. The minimum atomic E-state index is -0.968. The number of ether oxygens (including phenoxy) is 3. The fourth-order valence-corrected chi connectivity index (χ4v) is 9.99. The van der Waals surface area contributed by atoms with Crippen LogP contribution in [0.4, 0.5) is 4.79 Å². The smallest absolute Gasteiger partial charge is 0.407 e. The van der Waals surface area contributed by atoms with Gasteiger partial charge in [0.25, 0.3) is 0 Å². The Morgan fingerprint density at radius 1 is 0.556 bits per heavy atom. The van der Waals surface area contributed by atoms with E-state index in [0.717, 1.165) is 55.2 Å². The van der Waals surface area contributed by atoms with E-state index in [0.29, 0.717) is 18.7 Å². The van der Waals surface area contributed by atoms with Gasteiger partial charge >= 0.3 is 6.09 Å². The summed E-state index contributed by atoms with van der Waals surface area (Å²) in [5.41, 5.74) is 3.08. The minimum Gasteiger partial charge on any atom is -0.450 e. The Morgan fingerprint density at radius 2 is 1.00 bits per heavy atom. The van der Waals surface area contributed by atoms with Gasteiger partial charge in [-0.25, -0.2) is 9.78 Å². The Morgan fingerprint density at radius 3 is 1.46 bits per heavy atom. The van der Waals surface area contributed by atoms with E-state index in [4.69, 9.17) is 19.2 Å². The van der Waals surface area contributed by atoms with E-state index in [9.17, 15) is 9.59 Å². The number of aromatic nitrogens is 2. The molecule has 0 saturated heterocycles. The van der Waals surface area contributed by atoms with E-state index in [1.165, 1.54) is 128 Å². The molecule has 400 valence electrons. The zero-order valence-corrected chi connectivity index (χ0v) is 45.8. The van der Waals surface area contributed by atoms with Crippen molar-refractivity contribution in [1.29, 1.82) is 0 Å². The van der Waals surface area contributed by atoms with Crippen molar-refractivity contribution in [2.75, 3.05) is 13.2 Å². The number of nitrogens with zero attached hydrogens (tertiary/aromatic N) is 2. The molecule has 4 aromatic rings. The highest BCUT2D eigenvalue weighted by molar-refractivity contribution is 5.86. The summed E-state index contributed by atoms with van der Waals surface area (Å²) in [5.74, 6) is -0.345. The molecule has 0 spiro atoms. The van der Waals surface area contributed by atoms with Crippen LogP contribution in [0.2, 0.25) is 0 Å². The average molecular weight is 991 g/mol. The number of imidazole rings is 1. The highest BCUT2D eigenvalue weighted by atomic mass is 16.6. The molecule has 2 N–H and O–H groups in total. The second-order valence-electron chi connectivity index (χ2n) is 20.3. The van der Waals surface area contributed by atoms with E-state index < -0.39 is 23.9 Å². The first-order chi connectivity index (χ1) is 35.4. The molecule has 2 amide bonds. The summed E-state index contributed by atoms with van der Waals surface area (Å²) in [7, 11) is 0. The maximum absolute atomic E-state index is 14.5. The first-order valence-electron chi connectivity index (χ1n) is 29.1. The molecule has 1 aromatic heterocycles. The highest BCUT2D eigenvalue weighted by Crippen LogP contribution is 2.41. The maximum atomic E-state index is 14.5. The van der Waals surface area contributed by atoms with Gasteiger partial charge in [-0.2, -0.15) is 0 Å². The molecular formula is C63H98N4O5. The van der Waals surface area contributed by atoms with Crippen molar-refractivity contribution >= 4 is 12.0 Å². The van der Waals surface area contributed by atoms with Gasteiger partial charge in [-0.1, -0.05) is 266 Å². The molecule has 3 unspecified atom stereocenters. The topological polar surface area (TPSA) is 104 Å². The van der Waals surface area contributed by atoms with Crippen molar-refractivity contribution in [3.63, 3.8) is 0 Å². The van der Waals surface area contributed by atoms with Crippen molar-refractivity contribution in [3.8, 4) is 0 Å². The van der Waals surface area contributed by atoms with E-state index in [1.54, 1.807) is 0 Å². The van der Waals surface area contributed by atoms with E-state index in [1.807, 2.05) is 37.6 Å². The number of hydrogen-bond acceptors (Lipinski definition) is 6. The molecule has 0 fully saturated rings. The summed E-state index contributed by atoms with van der Waals surface area (Å²) in [4.78, 5) is 32.8. The van der Waals surface area contributed by atoms with Gasteiger partial charge in [-0.05, 0) is 49.3 Å². The largest absolute Gasteiger partial charge is 0.450 e. The molecule has 9 nitrogen and oxygen atoms in total. The second-order valence-corrected chi connectivity index (χ2v) is 20.3. The number of alkyl carbamates (subject to hydrolysis) is 1. The number of hydrogen-bond donors (Lipinski definition) is 2. The summed E-state index contributed by atoms with van der Waals surface area (Å²) in [6, 6.07) is 30.3. The number of rotatable bonds is 42. The lowest BCUT2D eigenvalue weighted by Gasteiger charge is -2.37. The third kappa shape index (κ3) is 21.9. The van der Waals surface area contributed by atoms with E-state index >= 15 is 0 Å². The van der Waals surface area contributed by atoms with Gasteiger partial charge < -0.3 is 29.4 Å². The first kappa shape index (κ1) is 60.1. The van der Waals surface area contributed by atoms with Gasteiger partial charge in [-0.15, -0.1) is 0 Å². The van der Waals surface area contributed by atoms with Gasteiger partial charge in [-0.3, -0.25) is 4.79 Å². The molecule has 0 saturated carbocycles. The van der Waals surface area contributed by atoms with Crippen LogP contribution in [0.5, 0.6) is 0 Å². The number of unbranched alkanes of at least 4 members (excludes halogenated alkanes) is 22. The Labute approximate surface area is 437 Å². The quantitative estimate of drug-likeness (QED) is 0.0260. The van der Waals surface area contributed by atoms with Crippen molar-refractivity contribution in [1.82, 2.24) is 20.2 Å². The summed E-state index contributed by atoms with van der Waals surface area (Å²) >= 11 is 0. The molecule has 4 atom stereocenters. The molecule has 0 aliphatic heterocycles. The molecule has 9 heteroatoms. The molecular weight excluding hydrogens is 893 g/mol. The molecule has 1 heterocycles. The zero-order valence-electron chi connectivity index (χ0n) is 45.8. The molecule has 72 heavy (non-hydrogen) atoms. The lowest BCUT2D eigenvalue weighted by Crippen LogP contribution is -2.52. The van der Waals surface area contributed by atoms with Crippen LogP contribution in [0, 0.1) is 0 Å². The minimum absolute atomic E-state index is 0.127. The van der Waals surface area contributed by atoms with Crippen LogP contribution in [-0.2, 0) is 31.0 Å². The van der Waals surface area contributed by atoms with Crippen LogP contribution in [0.25, 0.3) is 0 Å². The highest BCUT2D eigenvalue weighted by Gasteiger charge is 2.39. The second kappa shape index (κ2) is 37.3. The third-order valence-electron chi connectivity index (χ3n) is 14.4. The fraction of sp³-hybridized carbons (Fsp3) is 0.635. The van der Waals surface area contributed by atoms with Gasteiger partial charge in [0.05, 0.1) is 30.8 Å². The number of nitrogens with one attached hydrogen (secondary N) is 2. The van der Waals surface area contributed by atoms with Crippen LogP contribution < -0.4 is 10.6 Å². The van der Waals surface area contributed by atoms with Gasteiger partial charge in [0.1, 0.15) is 17.8 Å². The van der Waals surface area contributed by atoms with Crippen molar-refractivity contribution in [2.45, 2.75) is 244 Å². The standard InChI is InChI=1S/C63H98N4O5/c1-6-10-13-15-17-19-21-22-23-24-26-28-39-47-59(53(5)70-49-40-29-27-25-20-18-16-14-11-7-2)72-60(9-4)66-61(68)58(65-62(69)71-48-12-8-3)50-57-51-67(52-64-57)63(54-41-33-30-34-42-54,55-43-35-31-36-44-55)56-45-37-32-38-46-56/h30-38,41-46,51-53,58-60H,6-29,39-40,47-50H2,1-5H3,(H,65,69)(H,66,68)/t53?,58-,59?,60?/m0/s1. The molecule has 0 bridgehead atoms. The predicted octanol–water partition coefficient (Wildman–Crippen LogP) is 16.2. The van der Waals surface area contributed by atoms with Crippen LogP contribution in [0.3, 0.4) is 0 Å². The molecule has 0 radical (unpaired) electrons. The fourth-order valence-electron chi connectivity index (χ4n) is 9.99. The Balaban J connectivity index is 1.46. The molecule has 3 aromatic carbocycles. The Kier molecular flexibility index (Phi) is 31.1. The van der Waals surface area contributed by atoms with E-state index in [-0.39, 0.29) is 31.1 Å². The number of carbonyl (C=O) groups excluding carboxylic acids is 2. The third-order valence-corrected chi connectivity index (χ3v) is 14.4. The molecule has 4 rings (SSSR count). The SMILES string of the molecule is CCCCCCCCCCCCCCCC(OC(CC)NC(=O)[C@H](Cc1cn(C(c2ccccc2)(c2ccccc2)c2ccccc2)cn1)NC(=O)OCCCC)C(C)OCCCCCCCCCCCC. The first-order valence-corrected chi connectivity index (χ1v) is 29.1. The number of amides is 2. The number of carbonyl (C=O) groups is 2. The molecule has 0 aliphatic carbocycles. The monoisotopic (exact) mass is 991 g/mol. The lowest BCUT2D eigenvalue weighted by atomic mass is 9.77.